The third-order valence-electron chi connectivity index (χ3n) is 2.83. The third-order valence-corrected chi connectivity index (χ3v) is 2.83. The van der Waals surface area contributed by atoms with Crippen LogP contribution in [0.4, 0.5) is 13.2 Å². The first-order valence-electron chi connectivity index (χ1n) is 6.81. The fraction of sp³-hybridized carbons (Fsp3) is 0.500. The second-order valence-corrected chi connectivity index (χ2v) is 5.54. The average Bonchev–Trinajstić information content (AvgIpc) is 2.34. The molecule has 1 aromatic heterocycles. The summed E-state index contributed by atoms with van der Waals surface area (Å²) in [5.41, 5.74) is -0.325. The maximum absolute atomic E-state index is 12.3. The summed E-state index contributed by atoms with van der Waals surface area (Å²) < 4.78 is 37.0. The molecule has 1 atom stereocenters. The molecule has 0 bridgehead atoms. The first kappa shape index (κ1) is 18.7. The van der Waals surface area contributed by atoms with Gasteiger partial charge in [-0.05, 0) is 18.4 Å². The van der Waals surface area contributed by atoms with Crippen LogP contribution in [0.25, 0.3) is 0 Å². The number of carbonyl (C=O) groups is 2. The lowest BCUT2D eigenvalue weighted by Crippen LogP contribution is -2.43. The number of hydrogen-bond acceptors (Lipinski definition) is 3. The van der Waals surface area contributed by atoms with Gasteiger partial charge in [0.1, 0.15) is 6.04 Å². The number of carboxylic acid groups (broad SMARTS) is 1. The molecule has 1 amide bonds. The lowest BCUT2D eigenvalue weighted by molar-refractivity contribution is -0.157. The van der Waals surface area contributed by atoms with Crippen molar-refractivity contribution in [3.8, 4) is 0 Å². The average molecular weight is 334 g/mol. The van der Waals surface area contributed by atoms with E-state index in [1.54, 1.807) is 5.32 Å². The molecule has 3 N–H and O–H groups in total. The number of aromatic amines is 1. The smallest absolute Gasteiger partial charge is 0.391 e. The zero-order valence-corrected chi connectivity index (χ0v) is 12.5. The van der Waals surface area contributed by atoms with Crippen molar-refractivity contribution in [2.24, 2.45) is 5.92 Å². The number of halogens is 3. The molecule has 1 heterocycles. The summed E-state index contributed by atoms with van der Waals surface area (Å²) in [5, 5.41) is 10.6. The van der Waals surface area contributed by atoms with Gasteiger partial charge in [0.05, 0.1) is 6.42 Å². The molecular formula is C14H17F3N2O4. The number of nitrogens with one attached hydrogen (secondary N) is 2. The van der Waals surface area contributed by atoms with E-state index in [0.29, 0.717) is 12.1 Å². The summed E-state index contributed by atoms with van der Waals surface area (Å²) in [4.78, 5) is 36.8. The summed E-state index contributed by atoms with van der Waals surface area (Å²) in [6.45, 7) is 3.77. The maximum atomic E-state index is 12.3. The molecule has 0 aromatic carbocycles. The van der Waals surface area contributed by atoms with Gasteiger partial charge in [0.2, 0.25) is 5.56 Å². The highest BCUT2D eigenvalue weighted by Gasteiger charge is 2.36. The molecule has 0 spiro atoms. The Balaban J connectivity index is 2.97. The van der Waals surface area contributed by atoms with Crippen LogP contribution in [0.1, 0.15) is 36.3 Å². The minimum Gasteiger partial charge on any atom is -0.480 e. The summed E-state index contributed by atoms with van der Waals surface area (Å²) >= 11 is 0. The highest BCUT2D eigenvalue weighted by Crippen LogP contribution is 2.21. The van der Waals surface area contributed by atoms with Gasteiger partial charge in [-0.25, -0.2) is 4.79 Å². The highest BCUT2D eigenvalue weighted by atomic mass is 19.4. The summed E-state index contributed by atoms with van der Waals surface area (Å²) in [5.74, 6) is -2.67. The summed E-state index contributed by atoms with van der Waals surface area (Å²) in [6.07, 6.45) is -5.98. The van der Waals surface area contributed by atoms with E-state index in [0.717, 1.165) is 6.07 Å². The zero-order chi connectivity index (χ0) is 17.8. The second-order valence-electron chi connectivity index (χ2n) is 5.54. The highest BCUT2D eigenvalue weighted by molar-refractivity contribution is 5.96. The van der Waals surface area contributed by atoms with Gasteiger partial charge in [0, 0.05) is 17.3 Å². The summed E-state index contributed by atoms with van der Waals surface area (Å²) in [7, 11) is 0. The van der Waals surface area contributed by atoms with E-state index in [1.165, 1.54) is 6.07 Å². The van der Waals surface area contributed by atoms with Gasteiger partial charge in [-0.1, -0.05) is 13.8 Å². The van der Waals surface area contributed by atoms with Crippen LogP contribution in [-0.2, 0) is 11.2 Å². The van der Waals surface area contributed by atoms with Crippen LogP contribution in [0.5, 0.6) is 0 Å². The van der Waals surface area contributed by atoms with Gasteiger partial charge < -0.3 is 15.4 Å². The van der Waals surface area contributed by atoms with E-state index >= 15 is 0 Å². The first-order valence-corrected chi connectivity index (χ1v) is 6.81. The van der Waals surface area contributed by atoms with Crippen LogP contribution >= 0.6 is 0 Å². The number of pyridine rings is 1. The first-order chi connectivity index (χ1) is 10.5. The van der Waals surface area contributed by atoms with Crippen LogP contribution in [0, 0.1) is 5.92 Å². The molecule has 128 valence electrons. The van der Waals surface area contributed by atoms with E-state index in [4.69, 9.17) is 5.11 Å². The molecule has 1 unspecified atom stereocenters. The molecule has 9 heteroatoms. The van der Waals surface area contributed by atoms with Crippen LogP contribution in [0.15, 0.2) is 16.9 Å². The number of aromatic nitrogens is 1. The Morgan fingerprint density at radius 1 is 1.30 bits per heavy atom. The van der Waals surface area contributed by atoms with Gasteiger partial charge in [-0.3, -0.25) is 9.59 Å². The van der Waals surface area contributed by atoms with Crippen molar-refractivity contribution < 1.29 is 27.9 Å². The molecule has 0 fully saturated rings. The molecule has 1 rings (SSSR count). The molecule has 0 aliphatic rings. The van der Waals surface area contributed by atoms with E-state index in [1.807, 2.05) is 13.8 Å². The normalized spacial score (nSPS) is 13.0. The Kier molecular flexibility index (Phi) is 5.94. The minimum absolute atomic E-state index is 0.181. The molecule has 0 saturated carbocycles. The standard InChI is InChI=1S/C14H17F3N2O4/c1-7(2)3-9-4-8(5-11(20)18-9)12(21)19-10(13(22)23)6-14(15,16)17/h4-5,7,10H,3,6H2,1-2H3,(H,18,20)(H,19,21)(H,22,23). The summed E-state index contributed by atoms with van der Waals surface area (Å²) in [6, 6.07) is 0.116. The van der Waals surface area contributed by atoms with Crippen LogP contribution < -0.4 is 10.9 Å². The lowest BCUT2D eigenvalue weighted by atomic mass is 10.1. The van der Waals surface area contributed by atoms with Crippen molar-refractivity contribution in [1.82, 2.24) is 10.3 Å². The molecule has 0 aliphatic heterocycles. The van der Waals surface area contributed by atoms with E-state index in [2.05, 4.69) is 4.98 Å². The van der Waals surface area contributed by atoms with Gasteiger partial charge in [0.25, 0.3) is 5.91 Å². The Labute approximate surface area is 129 Å². The quantitative estimate of drug-likeness (QED) is 0.737. The Morgan fingerprint density at radius 3 is 2.39 bits per heavy atom. The lowest BCUT2D eigenvalue weighted by Gasteiger charge is -2.16. The van der Waals surface area contributed by atoms with Crippen molar-refractivity contribution in [2.45, 2.75) is 38.9 Å². The number of alkyl halides is 3. The topological polar surface area (TPSA) is 99.3 Å². The molecule has 0 radical (unpaired) electrons. The van der Waals surface area contributed by atoms with Crippen molar-refractivity contribution in [3.05, 3.63) is 33.7 Å². The fourth-order valence-electron chi connectivity index (χ4n) is 1.96. The van der Waals surface area contributed by atoms with Crippen molar-refractivity contribution in [2.75, 3.05) is 0 Å². The predicted molar refractivity (Wildman–Crippen MR) is 75.2 cm³/mol. The number of amides is 1. The second kappa shape index (κ2) is 7.30. The van der Waals surface area contributed by atoms with Crippen LogP contribution in [0.3, 0.4) is 0 Å². The Hall–Kier alpha value is -2.32. The molecular weight excluding hydrogens is 317 g/mol. The molecule has 0 aliphatic carbocycles. The maximum Gasteiger partial charge on any atom is 0.391 e. The number of hydrogen-bond donors (Lipinski definition) is 3. The Morgan fingerprint density at radius 2 is 1.91 bits per heavy atom. The van der Waals surface area contributed by atoms with Crippen molar-refractivity contribution in [3.63, 3.8) is 0 Å². The van der Waals surface area contributed by atoms with Gasteiger partial charge >= 0.3 is 12.1 Å². The number of H-pyrrole nitrogens is 1. The largest absolute Gasteiger partial charge is 0.480 e. The fourth-order valence-corrected chi connectivity index (χ4v) is 1.96. The van der Waals surface area contributed by atoms with Crippen molar-refractivity contribution in [1.29, 1.82) is 0 Å². The number of aliphatic carboxylic acids is 1. The van der Waals surface area contributed by atoms with Gasteiger partial charge in [-0.2, -0.15) is 13.2 Å². The minimum atomic E-state index is -4.74. The van der Waals surface area contributed by atoms with Gasteiger partial charge in [-0.15, -0.1) is 0 Å². The molecule has 1 aromatic rings. The van der Waals surface area contributed by atoms with Crippen LogP contribution in [-0.4, -0.2) is 34.2 Å². The van der Waals surface area contributed by atoms with Crippen LogP contribution in [0.2, 0.25) is 0 Å². The SMILES string of the molecule is CC(C)Cc1cc(C(=O)NC(CC(F)(F)F)C(=O)O)cc(=O)[nH]1. The van der Waals surface area contributed by atoms with E-state index in [9.17, 15) is 27.6 Å². The number of rotatable bonds is 6. The van der Waals surface area contributed by atoms with E-state index in [-0.39, 0.29) is 11.5 Å². The van der Waals surface area contributed by atoms with Gasteiger partial charge in [0.15, 0.2) is 0 Å². The Bertz CT molecular complexity index is 638. The number of carboxylic acids is 1. The molecule has 6 nitrogen and oxygen atoms in total. The number of carbonyl (C=O) groups excluding carboxylic acids is 1. The predicted octanol–water partition coefficient (Wildman–Crippen LogP) is 1.71. The van der Waals surface area contributed by atoms with Crippen molar-refractivity contribution >= 4 is 11.9 Å². The third kappa shape index (κ3) is 6.54. The zero-order valence-electron chi connectivity index (χ0n) is 12.5. The van der Waals surface area contributed by atoms with E-state index < -0.39 is 36.1 Å². The monoisotopic (exact) mass is 334 g/mol. The molecule has 0 saturated heterocycles. The molecule has 23 heavy (non-hydrogen) atoms.